The normalized spacial score (nSPS) is 15.7. The van der Waals surface area contributed by atoms with Crippen LogP contribution in [0.5, 0.6) is 0 Å². The van der Waals surface area contributed by atoms with Crippen molar-refractivity contribution in [2.24, 2.45) is 0 Å². The molecule has 0 radical (unpaired) electrons. The van der Waals surface area contributed by atoms with E-state index in [0.29, 0.717) is 12.1 Å². The third-order valence-corrected chi connectivity index (χ3v) is 4.74. The van der Waals surface area contributed by atoms with Crippen LogP contribution in [-0.2, 0) is 22.4 Å². The quantitative estimate of drug-likeness (QED) is 0.807. The van der Waals surface area contributed by atoms with E-state index in [1.54, 1.807) is 16.8 Å². The molecule has 144 valence electrons. The summed E-state index contributed by atoms with van der Waals surface area (Å²) in [5, 5.41) is 16.4. The molecular weight excluding hydrogens is 353 g/mol. The number of ether oxygens (including phenoxy) is 1. The SMILES string of the molecule is COCC(C)(NC(=O)c1nn(-c2cccc(F)c2)c2c1CCCC2)C(=O)O. The maximum absolute atomic E-state index is 13.6. The van der Waals surface area contributed by atoms with Gasteiger partial charge in [-0.25, -0.2) is 13.9 Å². The van der Waals surface area contributed by atoms with Crippen LogP contribution in [0.15, 0.2) is 24.3 Å². The van der Waals surface area contributed by atoms with E-state index in [0.717, 1.165) is 30.5 Å². The fraction of sp³-hybridized carbons (Fsp3) is 0.421. The Kier molecular flexibility index (Phi) is 5.27. The molecule has 1 aliphatic rings. The molecule has 0 saturated carbocycles. The number of amides is 1. The van der Waals surface area contributed by atoms with Gasteiger partial charge in [0.2, 0.25) is 0 Å². The maximum atomic E-state index is 13.6. The first-order valence-electron chi connectivity index (χ1n) is 8.77. The number of carboxylic acid groups (broad SMARTS) is 1. The van der Waals surface area contributed by atoms with E-state index in [4.69, 9.17) is 4.74 Å². The van der Waals surface area contributed by atoms with E-state index in [1.807, 2.05) is 0 Å². The Labute approximate surface area is 156 Å². The van der Waals surface area contributed by atoms with Gasteiger partial charge in [0, 0.05) is 18.4 Å². The molecule has 2 aromatic rings. The van der Waals surface area contributed by atoms with Gasteiger partial charge in [0.1, 0.15) is 5.82 Å². The lowest BCUT2D eigenvalue weighted by atomic mass is 9.95. The Morgan fingerprint density at radius 1 is 1.37 bits per heavy atom. The van der Waals surface area contributed by atoms with Gasteiger partial charge < -0.3 is 15.2 Å². The number of methoxy groups -OCH3 is 1. The first-order chi connectivity index (χ1) is 12.9. The Morgan fingerprint density at radius 2 is 2.11 bits per heavy atom. The number of hydrogen-bond donors (Lipinski definition) is 2. The van der Waals surface area contributed by atoms with E-state index in [1.165, 1.54) is 26.2 Å². The second-order valence-corrected chi connectivity index (χ2v) is 6.90. The Bertz CT molecular complexity index is 880. The van der Waals surface area contributed by atoms with Crippen molar-refractivity contribution in [2.45, 2.75) is 38.1 Å². The zero-order chi connectivity index (χ0) is 19.6. The number of rotatable bonds is 6. The number of carboxylic acids is 1. The molecule has 1 unspecified atom stereocenters. The van der Waals surface area contributed by atoms with Crippen molar-refractivity contribution in [3.05, 3.63) is 47.0 Å². The summed E-state index contributed by atoms with van der Waals surface area (Å²) >= 11 is 0. The van der Waals surface area contributed by atoms with Gasteiger partial charge in [-0.15, -0.1) is 0 Å². The van der Waals surface area contributed by atoms with Gasteiger partial charge in [0.25, 0.3) is 5.91 Å². The lowest BCUT2D eigenvalue weighted by Gasteiger charge is -2.25. The minimum atomic E-state index is -1.57. The second kappa shape index (κ2) is 7.48. The third-order valence-electron chi connectivity index (χ3n) is 4.74. The highest BCUT2D eigenvalue weighted by atomic mass is 19.1. The lowest BCUT2D eigenvalue weighted by Crippen LogP contribution is -2.55. The maximum Gasteiger partial charge on any atom is 0.331 e. The zero-order valence-corrected chi connectivity index (χ0v) is 15.3. The van der Waals surface area contributed by atoms with Crippen molar-refractivity contribution >= 4 is 11.9 Å². The molecule has 0 aliphatic heterocycles. The van der Waals surface area contributed by atoms with E-state index in [9.17, 15) is 19.1 Å². The number of nitrogens with zero attached hydrogens (tertiary/aromatic N) is 2. The van der Waals surface area contributed by atoms with Crippen LogP contribution in [-0.4, -0.2) is 46.0 Å². The minimum absolute atomic E-state index is 0.178. The summed E-state index contributed by atoms with van der Waals surface area (Å²) in [6.07, 6.45) is 3.25. The van der Waals surface area contributed by atoms with Crippen LogP contribution in [0.3, 0.4) is 0 Å². The number of nitrogens with one attached hydrogen (secondary N) is 1. The van der Waals surface area contributed by atoms with Gasteiger partial charge in [0.05, 0.1) is 12.3 Å². The molecule has 1 aromatic heterocycles. The molecular formula is C19H22FN3O4. The van der Waals surface area contributed by atoms with Crippen molar-refractivity contribution in [3.8, 4) is 5.69 Å². The predicted molar refractivity (Wildman–Crippen MR) is 95.5 cm³/mol. The van der Waals surface area contributed by atoms with Gasteiger partial charge in [-0.1, -0.05) is 6.07 Å². The van der Waals surface area contributed by atoms with E-state index < -0.39 is 23.2 Å². The monoisotopic (exact) mass is 375 g/mol. The van der Waals surface area contributed by atoms with Crippen molar-refractivity contribution < 1.29 is 23.8 Å². The van der Waals surface area contributed by atoms with Crippen molar-refractivity contribution in [2.75, 3.05) is 13.7 Å². The second-order valence-electron chi connectivity index (χ2n) is 6.90. The van der Waals surface area contributed by atoms with Crippen LogP contribution in [0, 0.1) is 5.82 Å². The summed E-state index contributed by atoms with van der Waals surface area (Å²) in [6.45, 7) is 1.20. The molecule has 0 saturated heterocycles. The summed E-state index contributed by atoms with van der Waals surface area (Å²) in [6, 6.07) is 6.01. The average molecular weight is 375 g/mol. The highest BCUT2D eigenvalue weighted by Gasteiger charge is 2.37. The lowest BCUT2D eigenvalue weighted by molar-refractivity contribution is -0.145. The highest BCUT2D eigenvalue weighted by molar-refractivity contribution is 5.97. The first kappa shape index (κ1) is 19.0. The molecule has 1 aromatic carbocycles. The zero-order valence-electron chi connectivity index (χ0n) is 15.3. The van der Waals surface area contributed by atoms with Gasteiger partial charge >= 0.3 is 5.97 Å². The number of aromatic nitrogens is 2. The Balaban J connectivity index is 2.01. The van der Waals surface area contributed by atoms with E-state index in [-0.39, 0.29) is 12.3 Å². The number of fused-ring (bicyclic) bond motifs is 1. The molecule has 27 heavy (non-hydrogen) atoms. The van der Waals surface area contributed by atoms with Crippen molar-refractivity contribution in [3.63, 3.8) is 0 Å². The number of carbonyl (C=O) groups excluding carboxylic acids is 1. The number of halogens is 1. The highest BCUT2D eigenvalue weighted by Crippen LogP contribution is 2.27. The molecule has 1 heterocycles. The van der Waals surface area contributed by atoms with E-state index >= 15 is 0 Å². The number of aliphatic carboxylic acids is 1. The fourth-order valence-electron chi connectivity index (χ4n) is 3.35. The molecule has 0 bridgehead atoms. The van der Waals surface area contributed by atoms with Crippen LogP contribution >= 0.6 is 0 Å². The van der Waals surface area contributed by atoms with Gasteiger partial charge in [-0.2, -0.15) is 5.10 Å². The topological polar surface area (TPSA) is 93.5 Å². The summed E-state index contributed by atoms with van der Waals surface area (Å²) in [4.78, 5) is 24.4. The molecule has 0 fully saturated rings. The number of benzene rings is 1. The molecule has 1 atom stereocenters. The van der Waals surface area contributed by atoms with Crippen molar-refractivity contribution in [1.29, 1.82) is 0 Å². The van der Waals surface area contributed by atoms with Crippen LogP contribution < -0.4 is 5.32 Å². The van der Waals surface area contributed by atoms with Gasteiger partial charge in [0.15, 0.2) is 11.2 Å². The smallest absolute Gasteiger partial charge is 0.331 e. The Hall–Kier alpha value is -2.74. The number of carbonyl (C=O) groups is 2. The minimum Gasteiger partial charge on any atom is -0.479 e. The van der Waals surface area contributed by atoms with Crippen LogP contribution in [0.25, 0.3) is 5.69 Å². The average Bonchev–Trinajstić information content (AvgIpc) is 3.01. The summed E-state index contributed by atoms with van der Waals surface area (Å²) in [5.41, 5.74) is 0.785. The Morgan fingerprint density at radius 3 is 2.78 bits per heavy atom. The van der Waals surface area contributed by atoms with E-state index in [2.05, 4.69) is 10.4 Å². The van der Waals surface area contributed by atoms with Gasteiger partial charge in [-0.05, 0) is 50.8 Å². The van der Waals surface area contributed by atoms with Crippen molar-refractivity contribution in [1.82, 2.24) is 15.1 Å². The predicted octanol–water partition coefficient (Wildman–Crippen LogP) is 2.11. The molecule has 3 rings (SSSR count). The van der Waals surface area contributed by atoms with Gasteiger partial charge in [-0.3, -0.25) is 4.79 Å². The standard InChI is InChI=1S/C19H22FN3O4/c1-19(11-27-2,18(25)26)21-17(24)16-14-8-3-4-9-15(14)23(22-16)13-7-5-6-12(20)10-13/h5-7,10H,3-4,8-9,11H2,1-2H3,(H,21,24)(H,25,26). The number of hydrogen-bond acceptors (Lipinski definition) is 4. The van der Waals surface area contributed by atoms with Crippen LogP contribution in [0.4, 0.5) is 4.39 Å². The van der Waals surface area contributed by atoms with Crippen LogP contribution in [0.2, 0.25) is 0 Å². The molecule has 7 nitrogen and oxygen atoms in total. The molecule has 1 amide bonds. The molecule has 1 aliphatic carbocycles. The van der Waals surface area contributed by atoms with Crippen LogP contribution in [0.1, 0.15) is 41.5 Å². The third kappa shape index (κ3) is 3.71. The summed E-state index contributed by atoms with van der Waals surface area (Å²) in [7, 11) is 1.37. The molecule has 2 N–H and O–H groups in total. The fourth-order valence-corrected chi connectivity index (χ4v) is 3.35. The largest absolute Gasteiger partial charge is 0.479 e. The first-order valence-corrected chi connectivity index (χ1v) is 8.77. The summed E-state index contributed by atoms with van der Waals surface area (Å²) in [5.74, 6) is -2.17. The molecule has 8 heteroatoms. The molecule has 0 spiro atoms. The summed E-state index contributed by atoms with van der Waals surface area (Å²) < 4.78 is 20.2.